The van der Waals surface area contributed by atoms with Crippen molar-refractivity contribution >= 4 is 5.91 Å². The third-order valence-electron chi connectivity index (χ3n) is 4.22. The summed E-state index contributed by atoms with van der Waals surface area (Å²) >= 11 is 0. The van der Waals surface area contributed by atoms with E-state index in [9.17, 15) is 4.79 Å². The van der Waals surface area contributed by atoms with Gasteiger partial charge < -0.3 is 10.1 Å². The van der Waals surface area contributed by atoms with Gasteiger partial charge in [0.05, 0.1) is 19.3 Å². The SMILES string of the molecule is Cc1ccc(C(=O)NC(COCc2ccccc2)c2ccccc2)cc1. The number of nitrogens with one attached hydrogen (secondary N) is 1. The van der Waals surface area contributed by atoms with Crippen LogP contribution in [0.2, 0.25) is 0 Å². The van der Waals surface area contributed by atoms with Gasteiger partial charge in [0.1, 0.15) is 0 Å². The van der Waals surface area contributed by atoms with E-state index in [4.69, 9.17) is 4.74 Å². The average molecular weight is 345 g/mol. The van der Waals surface area contributed by atoms with Crippen LogP contribution in [-0.4, -0.2) is 12.5 Å². The summed E-state index contributed by atoms with van der Waals surface area (Å²) in [5.74, 6) is -0.0952. The highest BCUT2D eigenvalue weighted by molar-refractivity contribution is 5.94. The molecule has 3 aromatic carbocycles. The Morgan fingerprint density at radius 3 is 2.15 bits per heavy atom. The van der Waals surface area contributed by atoms with Gasteiger partial charge in [-0.15, -0.1) is 0 Å². The maximum Gasteiger partial charge on any atom is 0.251 e. The molecule has 1 unspecified atom stereocenters. The zero-order valence-electron chi connectivity index (χ0n) is 14.9. The zero-order chi connectivity index (χ0) is 18.2. The molecule has 0 bridgehead atoms. The lowest BCUT2D eigenvalue weighted by Crippen LogP contribution is -2.31. The van der Waals surface area contributed by atoms with Gasteiger partial charge in [-0.05, 0) is 30.2 Å². The van der Waals surface area contributed by atoms with E-state index >= 15 is 0 Å². The van der Waals surface area contributed by atoms with E-state index in [2.05, 4.69) is 5.32 Å². The summed E-state index contributed by atoms with van der Waals surface area (Å²) in [7, 11) is 0. The van der Waals surface area contributed by atoms with E-state index in [1.807, 2.05) is 91.9 Å². The molecule has 1 N–H and O–H groups in total. The second-order valence-electron chi connectivity index (χ2n) is 6.30. The van der Waals surface area contributed by atoms with Crippen LogP contribution in [0.1, 0.15) is 33.1 Å². The summed E-state index contributed by atoms with van der Waals surface area (Å²) in [6.07, 6.45) is 0. The summed E-state index contributed by atoms with van der Waals surface area (Å²) in [4.78, 5) is 12.6. The predicted molar refractivity (Wildman–Crippen MR) is 104 cm³/mol. The van der Waals surface area contributed by atoms with Crippen molar-refractivity contribution in [2.24, 2.45) is 0 Å². The topological polar surface area (TPSA) is 38.3 Å². The van der Waals surface area contributed by atoms with Crippen LogP contribution in [0.25, 0.3) is 0 Å². The molecule has 3 aromatic rings. The molecule has 0 heterocycles. The van der Waals surface area contributed by atoms with Gasteiger partial charge in [0, 0.05) is 5.56 Å². The van der Waals surface area contributed by atoms with Gasteiger partial charge in [0.15, 0.2) is 0 Å². The molecule has 132 valence electrons. The van der Waals surface area contributed by atoms with Gasteiger partial charge in [-0.1, -0.05) is 78.4 Å². The van der Waals surface area contributed by atoms with E-state index < -0.39 is 0 Å². The van der Waals surface area contributed by atoms with E-state index in [1.54, 1.807) is 0 Å². The molecule has 3 heteroatoms. The molecular weight excluding hydrogens is 322 g/mol. The van der Waals surface area contributed by atoms with Crippen molar-refractivity contribution in [1.82, 2.24) is 5.32 Å². The van der Waals surface area contributed by atoms with Gasteiger partial charge in [-0.2, -0.15) is 0 Å². The van der Waals surface area contributed by atoms with Crippen molar-refractivity contribution in [3.05, 3.63) is 107 Å². The second-order valence-corrected chi connectivity index (χ2v) is 6.30. The lowest BCUT2D eigenvalue weighted by Gasteiger charge is -2.19. The molecule has 0 fully saturated rings. The first-order chi connectivity index (χ1) is 12.7. The van der Waals surface area contributed by atoms with Crippen LogP contribution < -0.4 is 5.32 Å². The third-order valence-corrected chi connectivity index (χ3v) is 4.22. The van der Waals surface area contributed by atoms with Crippen molar-refractivity contribution < 1.29 is 9.53 Å². The van der Waals surface area contributed by atoms with Gasteiger partial charge >= 0.3 is 0 Å². The second kappa shape index (κ2) is 8.97. The van der Waals surface area contributed by atoms with Crippen LogP contribution in [0, 0.1) is 6.92 Å². The van der Waals surface area contributed by atoms with E-state index in [0.717, 1.165) is 16.7 Å². The van der Waals surface area contributed by atoms with Crippen LogP contribution in [0.15, 0.2) is 84.9 Å². The summed E-state index contributed by atoms with van der Waals surface area (Å²) in [5, 5.41) is 3.09. The fraction of sp³-hybridized carbons (Fsp3) is 0.174. The molecule has 1 amide bonds. The minimum atomic E-state index is -0.200. The monoisotopic (exact) mass is 345 g/mol. The number of hydrogen-bond donors (Lipinski definition) is 1. The van der Waals surface area contributed by atoms with Gasteiger partial charge in [0.2, 0.25) is 0 Å². The average Bonchev–Trinajstić information content (AvgIpc) is 2.69. The predicted octanol–water partition coefficient (Wildman–Crippen LogP) is 4.68. The Kier molecular flexibility index (Phi) is 6.18. The molecule has 0 aromatic heterocycles. The van der Waals surface area contributed by atoms with Crippen molar-refractivity contribution in [2.45, 2.75) is 19.6 Å². The minimum absolute atomic E-state index is 0.0952. The summed E-state index contributed by atoms with van der Waals surface area (Å²) in [6.45, 7) is 2.94. The fourth-order valence-corrected chi connectivity index (χ4v) is 2.72. The Labute approximate surface area is 154 Å². The molecule has 3 nitrogen and oxygen atoms in total. The zero-order valence-corrected chi connectivity index (χ0v) is 14.9. The first-order valence-electron chi connectivity index (χ1n) is 8.76. The van der Waals surface area contributed by atoms with Crippen LogP contribution >= 0.6 is 0 Å². The Hall–Kier alpha value is -2.91. The Balaban J connectivity index is 1.67. The number of amides is 1. The van der Waals surface area contributed by atoms with Crippen LogP contribution in [0.5, 0.6) is 0 Å². The van der Waals surface area contributed by atoms with Gasteiger partial charge in [-0.3, -0.25) is 4.79 Å². The molecule has 0 saturated carbocycles. The van der Waals surface area contributed by atoms with Crippen LogP contribution in [-0.2, 0) is 11.3 Å². The van der Waals surface area contributed by atoms with Crippen molar-refractivity contribution in [3.63, 3.8) is 0 Å². The quantitative estimate of drug-likeness (QED) is 0.675. The molecule has 0 aliphatic carbocycles. The Morgan fingerprint density at radius 1 is 0.885 bits per heavy atom. The number of carbonyl (C=O) groups is 1. The number of rotatable bonds is 7. The number of carbonyl (C=O) groups excluding carboxylic acids is 1. The lowest BCUT2D eigenvalue weighted by atomic mass is 10.1. The van der Waals surface area contributed by atoms with Crippen molar-refractivity contribution in [2.75, 3.05) is 6.61 Å². The third kappa shape index (κ3) is 5.04. The molecule has 1 atom stereocenters. The molecule has 3 rings (SSSR count). The smallest absolute Gasteiger partial charge is 0.251 e. The number of hydrogen-bond acceptors (Lipinski definition) is 2. The fourth-order valence-electron chi connectivity index (χ4n) is 2.72. The molecule has 0 saturated heterocycles. The normalized spacial score (nSPS) is 11.7. The first kappa shape index (κ1) is 17.9. The Bertz CT molecular complexity index is 814. The summed E-state index contributed by atoms with van der Waals surface area (Å²) in [5.41, 5.74) is 3.93. The molecule has 0 spiro atoms. The molecule has 26 heavy (non-hydrogen) atoms. The first-order valence-corrected chi connectivity index (χ1v) is 8.76. The van der Waals surface area contributed by atoms with Gasteiger partial charge in [-0.25, -0.2) is 0 Å². The van der Waals surface area contributed by atoms with E-state index in [0.29, 0.717) is 18.8 Å². The minimum Gasteiger partial charge on any atom is -0.374 e. The van der Waals surface area contributed by atoms with Crippen LogP contribution in [0.4, 0.5) is 0 Å². The molecule has 0 aliphatic heterocycles. The Morgan fingerprint density at radius 2 is 1.50 bits per heavy atom. The van der Waals surface area contributed by atoms with E-state index in [1.165, 1.54) is 0 Å². The number of benzene rings is 3. The van der Waals surface area contributed by atoms with Crippen LogP contribution in [0.3, 0.4) is 0 Å². The highest BCUT2D eigenvalue weighted by atomic mass is 16.5. The largest absolute Gasteiger partial charge is 0.374 e. The summed E-state index contributed by atoms with van der Waals surface area (Å²) in [6, 6.07) is 27.3. The van der Waals surface area contributed by atoms with E-state index in [-0.39, 0.29) is 11.9 Å². The molecule has 0 radical (unpaired) electrons. The highest BCUT2D eigenvalue weighted by Crippen LogP contribution is 2.15. The molecular formula is C23H23NO2. The molecule has 0 aliphatic rings. The number of aryl methyl sites for hydroxylation is 1. The van der Waals surface area contributed by atoms with Gasteiger partial charge in [0.25, 0.3) is 5.91 Å². The maximum absolute atomic E-state index is 12.6. The highest BCUT2D eigenvalue weighted by Gasteiger charge is 2.16. The number of ether oxygens (including phenoxy) is 1. The van der Waals surface area contributed by atoms with Crippen molar-refractivity contribution in [1.29, 1.82) is 0 Å². The lowest BCUT2D eigenvalue weighted by molar-refractivity contribution is 0.0797. The summed E-state index contributed by atoms with van der Waals surface area (Å²) < 4.78 is 5.88. The maximum atomic E-state index is 12.6. The van der Waals surface area contributed by atoms with Crippen molar-refractivity contribution in [3.8, 4) is 0 Å². The standard InChI is InChI=1S/C23H23NO2/c1-18-12-14-21(15-13-18)23(25)24-22(20-10-6-3-7-11-20)17-26-16-19-8-4-2-5-9-19/h2-15,22H,16-17H2,1H3,(H,24,25).